The van der Waals surface area contributed by atoms with Crippen molar-refractivity contribution in [2.75, 3.05) is 0 Å². The molecule has 0 unspecified atom stereocenters. The van der Waals surface area contributed by atoms with Gasteiger partial charge in [-0.2, -0.15) is 29.3 Å². The molecule has 3 saturated carbocycles. The van der Waals surface area contributed by atoms with Crippen molar-refractivity contribution < 1.29 is 29.3 Å². The highest BCUT2D eigenvalue weighted by molar-refractivity contribution is 4.82. The van der Waals surface area contributed by atoms with Crippen LogP contribution in [0.25, 0.3) is 0 Å². The minimum atomic E-state index is -0.865. The second-order valence-corrected chi connectivity index (χ2v) is 9.78. The van der Waals surface area contributed by atoms with E-state index >= 15 is 0 Å². The summed E-state index contributed by atoms with van der Waals surface area (Å²) in [6, 6.07) is 0. The van der Waals surface area contributed by atoms with E-state index < -0.39 is 17.4 Å². The van der Waals surface area contributed by atoms with Gasteiger partial charge in [0.1, 0.15) is 0 Å². The van der Waals surface area contributed by atoms with Crippen LogP contribution in [0, 0.1) is 17.8 Å². The van der Waals surface area contributed by atoms with Crippen LogP contribution in [0.2, 0.25) is 0 Å². The average molecular weight is 385 g/mol. The van der Waals surface area contributed by atoms with Gasteiger partial charge in [-0.25, -0.2) is 0 Å². The predicted octanol–water partition coefficient (Wildman–Crippen LogP) is 5.56. The van der Waals surface area contributed by atoms with Gasteiger partial charge >= 0.3 is 0 Å². The Hall–Kier alpha value is -0.240. The van der Waals surface area contributed by atoms with Gasteiger partial charge in [0.25, 0.3) is 0 Å². The molecule has 6 nitrogen and oxygen atoms in total. The lowest BCUT2D eigenvalue weighted by Gasteiger charge is -2.39. The van der Waals surface area contributed by atoms with Crippen LogP contribution in [0.4, 0.5) is 0 Å². The normalized spacial score (nSPS) is 49.7. The molecule has 3 aliphatic carbocycles. The molecule has 0 N–H and O–H groups in total. The number of hydrogen-bond acceptors (Lipinski definition) is 6. The third kappa shape index (κ3) is 4.51. The number of rotatable bonds is 0. The highest BCUT2D eigenvalue weighted by atomic mass is 17.4. The Morgan fingerprint density at radius 3 is 0.778 bits per heavy atom. The summed E-state index contributed by atoms with van der Waals surface area (Å²) < 4.78 is 0. The molecule has 0 atom stereocenters. The van der Waals surface area contributed by atoms with E-state index in [-0.39, 0.29) is 0 Å². The zero-order valence-electron chi connectivity index (χ0n) is 17.2. The molecule has 0 radical (unpaired) electrons. The van der Waals surface area contributed by atoms with Crippen LogP contribution in [-0.4, -0.2) is 17.4 Å². The SMILES string of the molecule is CC1CCC2(CC1)OOC1(CCC(C)CC1)OOC1(CCC(C)CC1)OO2. The monoisotopic (exact) mass is 384 g/mol. The van der Waals surface area contributed by atoms with Gasteiger partial charge in [-0.05, 0) is 56.3 Å². The summed E-state index contributed by atoms with van der Waals surface area (Å²) in [6.07, 6.45) is 10.7. The van der Waals surface area contributed by atoms with E-state index in [0.29, 0.717) is 17.8 Å². The third-order valence-electron chi connectivity index (χ3n) is 7.14. The van der Waals surface area contributed by atoms with Gasteiger partial charge in [0.05, 0.1) is 0 Å². The predicted molar refractivity (Wildman–Crippen MR) is 97.6 cm³/mol. The maximum atomic E-state index is 5.97. The van der Waals surface area contributed by atoms with E-state index in [2.05, 4.69) is 20.8 Å². The minimum absolute atomic E-state index is 0.664. The van der Waals surface area contributed by atoms with Crippen LogP contribution in [-0.2, 0) is 29.3 Å². The maximum absolute atomic E-state index is 5.97. The van der Waals surface area contributed by atoms with Crippen molar-refractivity contribution in [2.24, 2.45) is 17.8 Å². The van der Waals surface area contributed by atoms with Crippen LogP contribution < -0.4 is 0 Å². The van der Waals surface area contributed by atoms with E-state index in [1.165, 1.54) is 0 Å². The Labute approximate surface area is 162 Å². The summed E-state index contributed by atoms with van der Waals surface area (Å²) in [6.45, 7) is 6.80. The smallest absolute Gasteiger partial charge is 0.195 e. The topological polar surface area (TPSA) is 55.4 Å². The van der Waals surface area contributed by atoms with Gasteiger partial charge in [0.2, 0.25) is 17.4 Å². The Morgan fingerprint density at radius 1 is 0.407 bits per heavy atom. The second-order valence-electron chi connectivity index (χ2n) is 9.78. The van der Waals surface area contributed by atoms with Gasteiger partial charge in [-0.1, -0.05) is 20.8 Å². The zero-order valence-corrected chi connectivity index (χ0v) is 17.2. The summed E-state index contributed by atoms with van der Waals surface area (Å²) in [5.74, 6) is -0.605. The first-order chi connectivity index (χ1) is 12.9. The quantitative estimate of drug-likeness (QED) is 0.509. The van der Waals surface area contributed by atoms with Gasteiger partial charge in [0.15, 0.2) is 0 Å². The molecule has 6 heteroatoms. The largest absolute Gasteiger partial charge is 0.234 e. The standard InChI is InChI=1S/C21H36O6/c1-16-4-10-19(11-5-16)22-24-20(12-6-17(2)7-13-20)26-27-21(25-23-19)14-8-18(3)9-15-21/h16-18H,4-15H2,1-3H3. The molecular weight excluding hydrogens is 348 g/mol. The fourth-order valence-corrected chi connectivity index (χ4v) is 4.60. The first kappa shape index (κ1) is 20.0. The summed E-state index contributed by atoms with van der Waals surface area (Å²) in [4.78, 5) is 35.8. The number of hydrogen-bond donors (Lipinski definition) is 0. The van der Waals surface area contributed by atoms with E-state index in [1.54, 1.807) is 0 Å². The van der Waals surface area contributed by atoms with Crippen molar-refractivity contribution in [3.8, 4) is 0 Å². The average Bonchev–Trinajstić information content (AvgIpc) is 2.74. The zero-order chi connectivity index (χ0) is 19.0. The van der Waals surface area contributed by atoms with Gasteiger partial charge in [-0.15, -0.1) is 0 Å². The second kappa shape index (κ2) is 7.88. The summed E-state index contributed by atoms with van der Waals surface area (Å²) >= 11 is 0. The molecule has 156 valence electrons. The lowest BCUT2D eigenvalue weighted by Crippen LogP contribution is -2.45. The van der Waals surface area contributed by atoms with E-state index in [9.17, 15) is 0 Å². The lowest BCUT2D eigenvalue weighted by molar-refractivity contribution is -0.556. The van der Waals surface area contributed by atoms with Crippen molar-refractivity contribution in [1.82, 2.24) is 0 Å². The molecule has 1 heterocycles. The Balaban J connectivity index is 1.55. The molecule has 0 amide bonds. The van der Waals surface area contributed by atoms with Crippen LogP contribution >= 0.6 is 0 Å². The van der Waals surface area contributed by atoms with Gasteiger partial charge in [-0.3, -0.25) is 0 Å². The Kier molecular flexibility index (Phi) is 5.85. The molecule has 27 heavy (non-hydrogen) atoms. The van der Waals surface area contributed by atoms with Crippen molar-refractivity contribution in [1.29, 1.82) is 0 Å². The van der Waals surface area contributed by atoms with E-state index in [1.807, 2.05) is 0 Å². The highest BCUT2D eigenvalue weighted by Crippen LogP contribution is 2.46. The van der Waals surface area contributed by atoms with E-state index in [4.69, 9.17) is 29.3 Å². The van der Waals surface area contributed by atoms with Crippen LogP contribution in [0.1, 0.15) is 97.8 Å². The lowest BCUT2D eigenvalue weighted by atomic mass is 9.86. The van der Waals surface area contributed by atoms with Crippen molar-refractivity contribution in [2.45, 2.75) is 115 Å². The molecular formula is C21H36O6. The van der Waals surface area contributed by atoms with Crippen molar-refractivity contribution in [3.63, 3.8) is 0 Å². The molecule has 1 aliphatic heterocycles. The molecule has 0 aromatic rings. The molecule has 0 bridgehead atoms. The van der Waals surface area contributed by atoms with Crippen LogP contribution in [0.3, 0.4) is 0 Å². The molecule has 0 aromatic heterocycles. The first-order valence-corrected chi connectivity index (χ1v) is 11.0. The molecule has 4 rings (SSSR count). The van der Waals surface area contributed by atoms with Crippen LogP contribution in [0.15, 0.2) is 0 Å². The first-order valence-electron chi connectivity index (χ1n) is 11.0. The molecule has 3 spiro atoms. The fourth-order valence-electron chi connectivity index (χ4n) is 4.60. The summed E-state index contributed by atoms with van der Waals surface area (Å²) in [5.41, 5.74) is 0. The molecule has 0 aromatic carbocycles. The highest BCUT2D eigenvalue weighted by Gasteiger charge is 2.51. The van der Waals surface area contributed by atoms with Crippen molar-refractivity contribution in [3.05, 3.63) is 0 Å². The Morgan fingerprint density at radius 2 is 0.593 bits per heavy atom. The van der Waals surface area contributed by atoms with Crippen LogP contribution in [0.5, 0.6) is 0 Å². The maximum Gasteiger partial charge on any atom is 0.234 e. The van der Waals surface area contributed by atoms with E-state index in [0.717, 1.165) is 77.0 Å². The molecule has 1 saturated heterocycles. The molecule has 4 fully saturated rings. The fraction of sp³-hybridized carbons (Fsp3) is 1.00. The van der Waals surface area contributed by atoms with Gasteiger partial charge in [0, 0.05) is 38.5 Å². The Bertz CT molecular complexity index is 396. The van der Waals surface area contributed by atoms with Gasteiger partial charge < -0.3 is 0 Å². The minimum Gasteiger partial charge on any atom is -0.195 e. The summed E-state index contributed by atoms with van der Waals surface area (Å²) in [7, 11) is 0. The van der Waals surface area contributed by atoms with Crippen molar-refractivity contribution >= 4 is 0 Å². The molecule has 4 aliphatic rings. The third-order valence-corrected chi connectivity index (χ3v) is 7.14. The summed E-state index contributed by atoms with van der Waals surface area (Å²) in [5, 5.41) is 0.